The lowest BCUT2D eigenvalue weighted by atomic mass is 10.3. The van der Waals surface area contributed by atoms with E-state index in [1.165, 1.54) is 0 Å². The van der Waals surface area contributed by atoms with Crippen molar-refractivity contribution in [2.45, 2.75) is 25.9 Å². The second-order valence-electron chi connectivity index (χ2n) is 4.75. The Morgan fingerprint density at radius 3 is 2.38 bits per heavy atom. The number of hydrogen-bond acceptors (Lipinski definition) is 3. The molecule has 0 bridgehead atoms. The van der Waals surface area contributed by atoms with E-state index in [1.54, 1.807) is 19.7 Å². The Morgan fingerprint density at radius 1 is 0.952 bits per heavy atom. The number of nitrogens with zero attached hydrogens (tertiary/aromatic N) is 5. The highest BCUT2D eigenvalue weighted by Gasteiger charge is 1.97. The predicted octanol–water partition coefficient (Wildman–Crippen LogP) is 0.725. The van der Waals surface area contributed by atoms with Gasteiger partial charge in [0.05, 0.1) is 0 Å². The van der Waals surface area contributed by atoms with Gasteiger partial charge in [-0.25, -0.2) is 0 Å². The van der Waals surface area contributed by atoms with E-state index in [9.17, 15) is 0 Å². The van der Waals surface area contributed by atoms with Crippen LogP contribution in [-0.4, -0.2) is 45.4 Å². The molecular formula is C14H23N7. The van der Waals surface area contributed by atoms with Crippen molar-refractivity contribution in [1.82, 2.24) is 30.0 Å². The van der Waals surface area contributed by atoms with Gasteiger partial charge in [0, 0.05) is 45.6 Å². The van der Waals surface area contributed by atoms with E-state index in [1.807, 2.05) is 16.7 Å². The topological polar surface area (TPSA) is 72.1 Å². The molecule has 2 rings (SSSR count). The van der Waals surface area contributed by atoms with Gasteiger partial charge in [-0.05, 0) is 25.0 Å². The van der Waals surface area contributed by atoms with E-state index in [0.29, 0.717) is 0 Å². The molecule has 0 aliphatic carbocycles. The molecule has 0 saturated heterocycles. The SMILES string of the molecule is CN=C(NCCCCn1cnnc1)NCCn1cccc1. The zero-order chi connectivity index (χ0) is 14.8. The lowest BCUT2D eigenvalue weighted by Gasteiger charge is -2.12. The van der Waals surface area contributed by atoms with Gasteiger partial charge < -0.3 is 19.8 Å². The third-order valence-corrected chi connectivity index (χ3v) is 3.15. The Hall–Kier alpha value is -2.31. The molecule has 0 atom stereocenters. The van der Waals surface area contributed by atoms with Crippen LogP contribution < -0.4 is 10.6 Å². The number of guanidine groups is 1. The number of nitrogens with one attached hydrogen (secondary N) is 2. The second kappa shape index (κ2) is 8.78. The molecule has 2 N–H and O–H groups in total. The van der Waals surface area contributed by atoms with Crippen LogP contribution in [0.4, 0.5) is 0 Å². The maximum absolute atomic E-state index is 4.21. The number of unbranched alkanes of at least 4 members (excludes halogenated alkanes) is 1. The fraction of sp³-hybridized carbons (Fsp3) is 0.500. The monoisotopic (exact) mass is 289 g/mol. The summed E-state index contributed by atoms with van der Waals surface area (Å²) < 4.78 is 4.13. The summed E-state index contributed by atoms with van der Waals surface area (Å²) in [5, 5.41) is 14.2. The average molecular weight is 289 g/mol. The minimum atomic E-state index is 0.853. The van der Waals surface area contributed by atoms with Crippen molar-refractivity contribution < 1.29 is 0 Å². The Kier molecular flexibility index (Phi) is 6.31. The molecule has 0 saturated carbocycles. The van der Waals surface area contributed by atoms with Crippen molar-refractivity contribution in [3.63, 3.8) is 0 Å². The van der Waals surface area contributed by atoms with E-state index >= 15 is 0 Å². The molecule has 7 nitrogen and oxygen atoms in total. The molecule has 0 unspecified atom stereocenters. The number of aromatic nitrogens is 4. The highest BCUT2D eigenvalue weighted by Crippen LogP contribution is 1.92. The van der Waals surface area contributed by atoms with Crippen molar-refractivity contribution in [1.29, 1.82) is 0 Å². The Bertz CT molecular complexity index is 501. The van der Waals surface area contributed by atoms with Crippen LogP contribution in [-0.2, 0) is 13.1 Å². The largest absolute Gasteiger partial charge is 0.356 e. The Balaban J connectivity index is 1.53. The van der Waals surface area contributed by atoms with Crippen LogP contribution in [0.25, 0.3) is 0 Å². The van der Waals surface area contributed by atoms with Crippen LogP contribution in [0.2, 0.25) is 0 Å². The van der Waals surface area contributed by atoms with Gasteiger partial charge in [-0.15, -0.1) is 10.2 Å². The zero-order valence-corrected chi connectivity index (χ0v) is 12.4. The zero-order valence-electron chi connectivity index (χ0n) is 12.4. The van der Waals surface area contributed by atoms with Crippen molar-refractivity contribution in [3.8, 4) is 0 Å². The van der Waals surface area contributed by atoms with Gasteiger partial charge in [0.1, 0.15) is 12.7 Å². The van der Waals surface area contributed by atoms with Gasteiger partial charge in [0.25, 0.3) is 0 Å². The van der Waals surface area contributed by atoms with E-state index in [-0.39, 0.29) is 0 Å². The van der Waals surface area contributed by atoms with Gasteiger partial charge in [-0.2, -0.15) is 0 Å². The van der Waals surface area contributed by atoms with E-state index < -0.39 is 0 Å². The minimum Gasteiger partial charge on any atom is -0.356 e. The smallest absolute Gasteiger partial charge is 0.191 e. The van der Waals surface area contributed by atoms with Crippen LogP contribution in [0.5, 0.6) is 0 Å². The summed E-state index contributed by atoms with van der Waals surface area (Å²) in [5.41, 5.74) is 0. The quantitative estimate of drug-likeness (QED) is 0.427. The summed E-state index contributed by atoms with van der Waals surface area (Å²) in [5.74, 6) is 0.853. The van der Waals surface area contributed by atoms with Crippen molar-refractivity contribution in [2.24, 2.45) is 4.99 Å². The molecule has 0 amide bonds. The first kappa shape index (κ1) is 15.1. The molecule has 21 heavy (non-hydrogen) atoms. The lowest BCUT2D eigenvalue weighted by molar-refractivity contribution is 0.595. The Morgan fingerprint density at radius 2 is 1.67 bits per heavy atom. The molecule has 2 heterocycles. The molecular weight excluding hydrogens is 266 g/mol. The van der Waals surface area contributed by atoms with Crippen LogP contribution >= 0.6 is 0 Å². The van der Waals surface area contributed by atoms with Crippen LogP contribution in [0, 0.1) is 0 Å². The molecule has 0 aliphatic heterocycles. The highest BCUT2D eigenvalue weighted by atomic mass is 15.2. The lowest BCUT2D eigenvalue weighted by Crippen LogP contribution is -2.39. The molecule has 0 radical (unpaired) electrons. The predicted molar refractivity (Wildman–Crippen MR) is 83.1 cm³/mol. The summed E-state index contributed by atoms with van der Waals surface area (Å²) >= 11 is 0. The van der Waals surface area contributed by atoms with Gasteiger partial charge >= 0.3 is 0 Å². The van der Waals surface area contributed by atoms with Crippen molar-refractivity contribution in [2.75, 3.05) is 20.1 Å². The molecule has 0 aromatic carbocycles. The normalized spacial score (nSPS) is 11.6. The number of aryl methyl sites for hydroxylation is 1. The fourth-order valence-corrected chi connectivity index (χ4v) is 2.01. The molecule has 2 aromatic heterocycles. The van der Waals surface area contributed by atoms with E-state index in [0.717, 1.165) is 45.0 Å². The first-order valence-corrected chi connectivity index (χ1v) is 7.26. The summed E-state index contributed by atoms with van der Waals surface area (Å²) in [4.78, 5) is 4.21. The van der Waals surface area contributed by atoms with Gasteiger partial charge in [-0.3, -0.25) is 4.99 Å². The van der Waals surface area contributed by atoms with Crippen LogP contribution in [0.3, 0.4) is 0 Å². The molecule has 0 spiro atoms. The average Bonchev–Trinajstić information content (AvgIpc) is 3.18. The maximum Gasteiger partial charge on any atom is 0.191 e. The summed E-state index contributed by atoms with van der Waals surface area (Å²) in [7, 11) is 1.79. The molecule has 0 aliphatic rings. The first-order valence-electron chi connectivity index (χ1n) is 7.26. The van der Waals surface area contributed by atoms with Crippen molar-refractivity contribution >= 4 is 5.96 Å². The van der Waals surface area contributed by atoms with E-state index in [2.05, 4.69) is 42.8 Å². The standard InChI is InChI=1S/C14H23N7/c1-15-14(17-7-11-20-8-4-5-9-20)16-6-2-3-10-21-12-18-19-13-21/h4-5,8-9,12-13H,2-3,6-7,10-11H2,1H3,(H2,15,16,17). The molecule has 2 aromatic rings. The summed E-state index contributed by atoms with van der Waals surface area (Å²) in [6, 6.07) is 4.06. The second-order valence-corrected chi connectivity index (χ2v) is 4.75. The maximum atomic E-state index is 4.21. The molecule has 114 valence electrons. The van der Waals surface area contributed by atoms with Gasteiger partial charge in [-0.1, -0.05) is 0 Å². The van der Waals surface area contributed by atoms with Crippen molar-refractivity contribution in [3.05, 3.63) is 37.2 Å². The summed E-state index contributed by atoms with van der Waals surface area (Å²) in [6.07, 6.45) is 9.78. The van der Waals surface area contributed by atoms with Gasteiger partial charge in [0.2, 0.25) is 0 Å². The third kappa shape index (κ3) is 5.68. The fourth-order valence-electron chi connectivity index (χ4n) is 2.01. The number of aliphatic imine (C=N–C) groups is 1. The van der Waals surface area contributed by atoms with Gasteiger partial charge in [0.15, 0.2) is 5.96 Å². The molecule has 7 heteroatoms. The first-order chi connectivity index (χ1) is 10.4. The Labute approximate surface area is 125 Å². The van der Waals surface area contributed by atoms with Crippen LogP contribution in [0.15, 0.2) is 42.2 Å². The van der Waals surface area contributed by atoms with Crippen LogP contribution in [0.1, 0.15) is 12.8 Å². The summed E-state index contributed by atoms with van der Waals surface area (Å²) in [6.45, 7) is 3.65. The van der Waals surface area contributed by atoms with E-state index in [4.69, 9.17) is 0 Å². The highest BCUT2D eigenvalue weighted by molar-refractivity contribution is 5.79. The molecule has 0 fully saturated rings. The number of rotatable bonds is 8. The number of hydrogen-bond donors (Lipinski definition) is 2. The minimum absolute atomic E-state index is 0.853. The third-order valence-electron chi connectivity index (χ3n) is 3.15.